The molecule has 1 aromatic carbocycles. The number of anilines is 2. The van der Waals surface area contributed by atoms with Gasteiger partial charge in [-0.2, -0.15) is 4.31 Å². The summed E-state index contributed by atoms with van der Waals surface area (Å²) in [5.74, 6) is 1.41. The van der Waals surface area contributed by atoms with Crippen LogP contribution in [-0.4, -0.2) is 81.2 Å². The number of sulfonamides is 1. The molecular weight excluding hydrogens is 406 g/mol. The Labute approximate surface area is 176 Å². The molecule has 30 heavy (non-hydrogen) atoms. The SMILES string of the molecule is CC(=O)c1cccc(S(=O)(=O)N2CCN(c3ccc(N4CCOCC4)nn3)CC2)c1. The van der Waals surface area contributed by atoms with E-state index >= 15 is 0 Å². The normalized spacial score (nSPS) is 18.4. The van der Waals surface area contributed by atoms with Crippen molar-refractivity contribution < 1.29 is 17.9 Å². The van der Waals surface area contributed by atoms with Gasteiger partial charge in [0.2, 0.25) is 10.0 Å². The smallest absolute Gasteiger partial charge is 0.243 e. The van der Waals surface area contributed by atoms with Crippen LogP contribution in [0.1, 0.15) is 17.3 Å². The van der Waals surface area contributed by atoms with Crippen LogP contribution in [0.15, 0.2) is 41.3 Å². The van der Waals surface area contributed by atoms with Gasteiger partial charge in [-0.05, 0) is 31.2 Å². The molecule has 0 spiro atoms. The molecule has 3 heterocycles. The third kappa shape index (κ3) is 4.30. The van der Waals surface area contributed by atoms with E-state index in [2.05, 4.69) is 15.1 Å². The molecule has 0 aliphatic carbocycles. The molecule has 0 bridgehead atoms. The van der Waals surface area contributed by atoms with Gasteiger partial charge in [0.05, 0.1) is 18.1 Å². The lowest BCUT2D eigenvalue weighted by molar-refractivity contribution is 0.101. The van der Waals surface area contributed by atoms with Gasteiger partial charge < -0.3 is 14.5 Å². The zero-order valence-electron chi connectivity index (χ0n) is 16.9. The first-order valence-electron chi connectivity index (χ1n) is 9.98. The number of hydrogen-bond acceptors (Lipinski definition) is 8. The third-order valence-corrected chi connectivity index (χ3v) is 7.31. The van der Waals surface area contributed by atoms with Crippen molar-refractivity contribution in [3.8, 4) is 0 Å². The van der Waals surface area contributed by atoms with Crippen molar-refractivity contribution in [3.05, 3.63) is 42.0 Å². The first-order valence-corrected chi connectivity index (χ1v) is 11.4. The fourth-order valence-electron chi connectivity index (χ4n) is 3.63. The Kier molecular flexibility index (Phi) is 5.98. The first-order chi connectivity index (χ1) is 14.4. The summed E-state index contributed by atoms with van der Waals surface area (Å²) >= 11 is 0. The number of aromatic nitrogens is 2. The topological polar surface area (TPSA) is 95.9 Å². The molecule has 0 atom stereocenters. The molecule has 0 unspecified atom stereocenters. The molecule has 2 saturated heterocycles. The summed E-state index contributed by atoms with van der Waals surface area (Å²) in [5.41, 5.74) is 0.394. The number of benzene rings is 1. The number of piperazine rings is 1. The Morgan fingerprint density at radius 2 is 1.50 bits per heavy atom. The van der Waals surface area contributed by atoms with Crippen LogP contribution >= 0.6 is 0 Å². The highest BCUT2D eigenvalue weighted by Gasteiger charge is 2.29. The van der Waals surface area contributed by atoms with Crippen LogP contribution < -0.4 is 9.80 Å². The predicted octanol–water partition coefficient (Wildman–Crippen LogP) is 1.03. The van der Waals surface area contributed by atoms with Gasteiger partial charge in [-0.25, -0.2) is 8.42 Å². The number of rotatable bonds is 5. The molecule has 2 fully saturated rings. The number of carbonyl (C=O) groups is 1. The minimum atomic E-state index is -3.65. The molecule has 1 aromatic heterocycles. The molecule has 0 radical (unpaired) electrons. The highest BCUT2D eigenvalue weighted by Crippen LogP contribution is 2.22. The van der Waals surface area contributed by atoms with Gasteiger partial charge in [-0.1, -0.05) is 12.1 Å². The van der Waals surface area contributed by atoms with Crippen molar-refractivity contribution in [1.29, 1.82) is 0 Å². The van der Waals surface area contributed by atoms with E-state index in [9.17, 15) is 13.2 Å². The lowest BCUT2D eigenvalue weighted by Crippen LogP contribution is -2.49. The summed E-state index contributed by atoms with van der Waals surface area (Å²) in [4.78, 5) is 15.9. The van der Waals surface area contributed by atoms with E-state index in [1.165, 1.54) is 23.4 Å². The maximum Gasteiger partial charge on any atom is 0.243 e. The maximum atomic E-state index is 13.0. The zero-order valence-corrected chi connectivity index (χ0v) is 17.7. The minimum absolute atomic E-state index is 0.151. The van der Waals surface area contributed by atoms with Crippen molar-refractivity contribution in [2.24, 2.45) is 0 Å². The Balaban J connectivity index is 1.41. The van der Waals surface area contributed by atoms with E-state index in [0.717, 1.165) is 24.7 Å². The number of Topliss-reactive ketones (excluding diaryl/α,β-unsaturated/α-hetero) is 1. The van der Waals surface area contributed by atoms with Crippen molar-refractivity contribution in [2.45, 2.75) is 11.8 Å². The molecule has 0 N–H and O–H groups in total. The molecule has 4 rings (SSSR count). The highest BCUT2D eigenvalue weighted by molar-refractivity contribution is 7.89. The van der Waals surface area contributed by atoms with Gasteiger partial charge in [0.25, 0.3) is 0 Å². The second-order valence-electron chi connectivity index (χ2n) is 7.32. The molecule has 2 aromatic rings. The van der Waals surface area contributed by atoms with Crippen LogP contribution in [0.5, 0.6) is 0 Å². The number of morpholine rings is 1. The van der Waals surface area contributed by atoms with Crippen LogP contribution in [-0.2, 0) is 14.8 Å². The zero-order chi connectivity index (χ0) is 21.1. The first kappa shape index (κ1) is 20.7. The Morgan fingerprint density at radius 3 is 2.07 bits per heavy atom. The Bertz CT molecular complexity index is 998. The van der Waals surface area contributed by atoms with E-state index in [4.69, 9.17) is 4.74 Å². The summed E-state index contributed by atoms with van der Waals surface area (Å²) in [5, 5.41) is 8.68. The lowest BCUT2D eigenvalue weighted by Gasteiger charge is -2.34. The van der Waals surface area contributed by atoms with Crippen LogP contribution in [0.25, 0.3) is 0 Å². The fourth-order valence-corrected chi connectivity index (χ4v) is 5.10. The largest absolute Gasteiger partial charge is 0.378 e. The molecule has 160 valence electrons. The average Bonchev–Trinajstić information content (AvgIpc) is 2.80. The molecule has 0 saturated carbocycles. The lowest BCUT2D eigenvalue weighted by atomic mass is 10.2. The molecule has 2 aliphatic rings. The Morgan fingerprint density at radius 1 is 0.900 bits per heavy atom. The van der Waals surface area contributed by atoms with Crippen LogP contribution in [0.2, 0.25) is 0 Å². The van der Waals surface area contributed by atoms with E-state index in [0.29, 0.717) is 45.0 Å². The van der Waals surface area contributed by atoms with E-state index < -0.39 is 10.0 Å². The van der Waals surface area contributed by atoms with Gasteiger partial charge in [0, 0.05) is 44.8 Å². The second-order valence-corrected chi connectivity index (χ2v) is 9.26. The number of ether oxygens (including phenoxy) is 1. The molecule has 0 amide bonds. The number of carbonyl (C=O) groups excluding carboxylic acids is 1. The van der Waals surface area contributed by atoms with Gasteiger partial charge >= 0.3 is 0 Å². The van der Waals surface area contributed by atoms with E-state index in [1.54, 1.807) is 12.1 Å². The number of nitrogens with zero attached hydrogens (tertiary/aromatic N) is 5. The third-order valence-electron chi connectivity index (χ3n) is 5.41. The van der Waals surface area contributed by atoms with E-state index in [1.807, 2.05) is 17.0 Å². The van der Waals surface area contributed by atoms with Gasteiger partial charge in [-0.3, -0.25) is 4.79 Å². The quantitative estimate of drug-likeness (QED) is 0.648. The number of hydrogen-bond donors (Lipinski definition) is 0. The van der Waals surface area contributed by atoms with Gasteiger partial charge in [0.15, 0.2) is 17.4 Å². The summed E-state index contributed by atoms with van der Waals surface area (Å²) in [6, 6.07) is 10.1. The molecule has 10 heteroatoms. The van der Waals surface area contributed by atoms with Crippen LogP contribution in [0.4, 0.5) is 11.6 Å². The van der Waals surface area contributed by atoms with Crippen molar-refractivity contribution in [3.63, 3.8) is 0 Å². The standard InChI is InChI=1S/C20H25N5O4S/c1-16(26)17-3-2-4-18(15-17)30(27,28)25-9-7-23(8-10-25)19-5-6-20(22-21-19)24-11-13-29-14-12-24/h2-6,15H,7-14H2,1H3. The minimum Gasteiger partial charge on any atom is -0.378 e. The Hall–Kier alpha value is -2.56. The van der Waals surface area contributed by atoms with Crippen molar-refractivity contribution in [2.75, 3.05) is 62.3 Å². The van der Waals surface area contributed by atoms with Gasteiger partial charge in [-0.15, -0.1) is 10.2 Å². The monoisotopic (exact) mass is 431 g/mol. The summed E-state index contributed by atoms with van der Waals surface area (Å²) < 4.78 is 32.8. The van der Waals surface area contributed by atoms with E-state index in [-0.39, 0.29) is 10.7 Å². The average molecular weight is 432 g/mol. The van der Waals surface area contributed by atoms with Crippen molar-refractivity contribution in [1.82, 2.24) is 14.5 Å². The second kappa shape index (κ2) is 8.66. The van der Waals surface area contributed by atoms with Gasteiger partial charge in [0.1, 0.15) is 0 Å². The molecular formula is C20H25N5O4S. The predicted molar refractivity (Wildman–Crippen MR) is 112 cm³/mol. The molecule has 9 nitrogen and oxygen atoms in total. The summed E-state index contributed by atoms with van der Waals surface area (Å²) in [7, 11) is -3.65. The highest BCUT2D eigenvalue weighted by atomic mass is 32.2. The number of ketones is 1. The van der Waals surface area contributed by atoms with Crippen LogP contribution in [0.3, 0.4) is 0 Å². The summed E-state index contributed by atoms with van der Waals surface area (Å²) in [6.45, 7) is 6.15. The van der Waals surface area contributed by atoms with Crippen molar-refractivity contribution >= 4 is 27.4 Å². The van der Waals surface area contributed by atoms with Crippen LogP contribution in [0, 0.1) is 0 Å². The molecule has 2 aliphatic heterocycles. The fraction of sp³-hybridized carbons (Fsp3) is 0.450. The maximum absolute atomic E-state index is 13.0. The summed E-state index contributed by atoms with van der Waals surface area (Å²) in [6.07, 6.45) is 0.